The molecule has 1 fully saturated rings. The van der Waals surface area contributed by atoms with Gasteiger partial charge in [0.25, 0.3) is 0 Å². The molecule has 2 heterocycles. The van der Waals surface area contributed by atoms with Gasteiger partial charge in [0.05, 0.1) is 11.7 Å². The van der Waals surface area contributed by atoms with Gasteiger partial charge in [0.2, 0.25) is 0 Å². The van der Waals surface area contributed by atoms with E-state index in [0.717, 1.165) is 24.3 Å². The fourth-order valence-electron chi connectivity index (χ4n) is 3.56. The minimum absolute atomic E-state index is 0.0178. The van der Waals surface area contributed by atoms with Crippen LogP contribution < -0.4 is 0 Å². The van der Waals surface area contributed by atoms with Gasteiger partial charge in [-0.3, -0.25) is 14.5 Å². The second kappa shape index (κ2) is 7.23. The Balaban J connectivity index is 2.19. The summed E-state index contributed by atoms with van der Waals surface area (Å²) in [5, 5.41) is 0. The first-order valence-corrected chi connectivity index (χ1v) is 8.41. The summed E-state index contributed by atoms with van der Waals surface area (Å²) in [7, 11) is 0. The maximum atomic E-state index is 12.9. The number of carbonyl (C=O) groups excluding carboxylic acids is 2. The number of carbonyl (C=O) groups is 2. The average Bonchev–Trinajstić information content (AvgIpc) is 2.72. The Kier molecular flexibility index (Phi) is 5.57. The summed E-state index contributed by atoms with van der Waals surface area (Å²) < 4.78 is 0. The maximum Gasteiger partial charge on any atom is 0.196 e. The number of hydrogen-bond donors (Lipinski definition) is 1. The Labute approximate surface area is 133 Å². The molecule has 0 saturated carbocycles. The van der Waals surface area contributed by atoms with Crippen LogP contribution in [0.5, 0.6) is 0 Å². The standard InChI is InChI=1S/C18H28N2O2/c1-12-16(15(4)21)13(2)19-17(12)18(22)14(3)20-10-8-6-5-7-9-11-20/h14,19H,5-11H2,1-4H3/t14-/m0/s1. The van der Waals surface area contributed by atoms with Gasteiger partial charge in [-0.1, -0.05) is 19.3 Å². The van der Waals surface area contributed by atoms with Crippen LogP contribution in [0.3, 0.4) is 0 Å². The molecule has 0 bridgehead atoms. The van der Waals surface area contributed by atoms with E-state index in [1.807, 2.05) is 20.8 Å². The smallest absolute Gasteiger partial charge is 0.196 e. The van der Waals surface area contributed by atoms with E-state index < -0.39 is 0 Å². The van der Waals surface area contributed by atoms with Gasteiger partial charge in [-0.05, 0) is 59.2 Å². The maximum absolute atomic E-state index is 12.9. The first-order valence-electron chi connectivity index (χ1n) is 8.41. The first kappa shape index (κ1) is 16.9. The number of aromatic amines is 1. The molecule has 2 rings (SSSR count). The lowest BCUT2D eigenvalue weighted by Gasteiger charge is -2.29. The van der Waals surface area contributed by atoms with Crippen LogP contribution >= 0.6 is 0 Å². The van der Waals surface area contributed by atoms with E-state index in [1.165, 1.54) is 32.1 Å². The first-order chi connectivity index (χ1) is 10.4. The highest BCUT2D eigenvalue weighted by Gasteiger charge is 2.27. The molecule has 1 aromatic heterocycles. The van der Waals surface area contributed by atoms with Crippen LogP contribution in [0.25, 0.3) is 0 Å². The van der Waals surface area contributed by atoms with Crippen LogP contribution in [0.4, 0.5) is 0 Å². The molecular weight excluding hydrogens is 276 g/mol. The van der Waals surface area contributed by atoms with E-state index in [2.05, 4.69) is 9.88 Å². The fraction of sp³-hybridized carbons (Fsp3) is 0.667. The highest BCUT2D eigenvalue weighted by atomic mass is 16.1. The van der Waals surface area contributed by atoms with Crippen molar-refractivity contribution in [2.45, 2.75) is 65.8 Å². The zero-order valence-electron chi connectivity index (χ0n) is 14.3. The number of rotatable bonds is 4. The lowest BCUT2D eigenvalue weighted by atomic mass is 10.0. The Morgan fingerprint density at radius 2 is 1.59 bits per heavy atom. The van der Waals surface area contributed by atoms with Crippen molar-refractivity contribution in [1.82, 2.24) is 9.88 Å². The van der Waals surface area contributed by atoms with E-state index >= 15 is 0 Å². The van der Waals surface area contributed by atoms with Gasteiger partial charge in [-0.15, -0.1) is 0 Å². The molecule has 4 nitrogen and oxygen atoms in total. The lowest BCUT2D eigenvalue weighted by Crippen LogP contribution is -2.41. The summed E-state index contributed by atoms with van der Waals surface area (Å²) >= 11 is 0. The van der Waals surface area contributed by atoms with Gasteiger partial charge in [0.15, 0.2) is 11.6 Å². The number of aromatic nitrogens is 1. The Morgan fingerprint density at radius 3 is 2.09 bits per heavy atom. The van der Waals surface area contributed by atoms with Crippen molar-refractivity contribution >= 4 is 11.6 Å². The fourth-order valence-corrected chi connectivity index (χ4v) is 3.56. The van der Waals surface area contributed by atoms with E-state index in [9.17, 15) is 9.59 Å². The van der Waals surface area contributed by atoms with Crippen molar-refractivity contribution in [2.24, 2.45) is 0 Å². The predicted octanol–water partition coefficient (Wildman–Crippen LogP) is 3.67. The SMILES string of the molecule is CC(=O)c1c(C)[nH]c(C(=O)[C@H](C)N2CCCCCCC2)c1C. The number of Topliss-reactive ketones (excluding diaryl/α,β-unsaturated/α-hetero) is 2. The minimum atomic E-state index is -0.130. The van der Waals surface area contributed by atoms with Gasteiger partial charge >= 0.3 is 0 Å². The highest BCUT2D eigenvalue weighted by Crippen LogP contribution is 2.22. The second-order valence-corrected chi connectivity index (χ2v) is 6.53. The normalized spacial score (nSPS) is 18.5. The highest BCUT2D eigenvalue weighted by molar-refractivity contribution is 6.05. The summed E-state index contributed by atoms with van der Waals surface area (Å²) in [5.74, 6) is 0.123. The van der Waals surface area contributed by atoms with Crippen molar-refractivity contribution in [2.75, 3.05) is 13.1 Å². The number of nitrogens with one attached hydrogen (secondary N) is 1. The van der Waals surface area contributed by atoms with E-state index in [4.69, 9.17) is 0 Å². The molecule has 1 atom stereocenters. The molecule has 4 heteroatoms. The number of H-pyrrole nitrogens is 1. The zero-order chi connectivity index (χ0) is 16.3. The zero-order valence-corrected chi connectivity index (χ0v) is 14.3. The third-order valence-corrected chi connectivity index (χ3v) is 4.85. The van der Waals surface area contributed by atoms with E-state index in [1.54, 1.807) is 6.92 Å². The minimum Gasteiger partial charge on any atom is -0.355 e. The van der Waals surface area contributed by atoms with Crippen molar-refractivity contribution < 1.29 is 9.59 Å². The number of ketones is 2. The number of nitrogens with zero attached hydrogens (tertiary/aromatic N) is 1. The molecule has 1 aliphatic heterocycles. The monoisotopic (exact) mass is 304 g/mol. The number of likely N-dealkylation sites (tertiary alicyclic amines) is 1. The Morgan fingerprint density at radius 1 is 1.05 bits per heavy atom. The molecular formula is C18H28N2O2. The summed E-state index contributed by atoms with van der Waals surface area (Å²) in [6.45, 7) is 9.26. The van der Waals surface area contributed by atoms with E-state index in [-0.39, 0.29) is 17.6 Å². The van der Waals surface area contributed by atoms with Crippen LogP contribution in [0.1, 0.15) is 78.1 Å². The molecule has 0 radical (unpaired) electrons. The van der Waals surface area contributed by atoms with Gasteiger partial charge in [-0.25, -0.2) is 0 Å². The van der Waals surface area contributed by atoms with Gasteiger partial charge in [0, 0.05) is 11.3 Å². The molecule has 0 unspecified atom stereocenters. The molecule has 22 heavy (non-hydrogen) atoms. The third kappa shape index (κ3) is 3.49. The molecule has 122 valence electrons. The largest absolute Gasteiger partial charge is 0.355 e. The van der Waals surface area contributed by atoms with Crippen molar-refractivity contribution in [3.63, 3.8) is 0 Å². The number of hydrogen-bond acceptors (Lipinski definition) is 3. The van der Waals surface area contributed by atoms with Crippen molar-refractivity contribution in [1.29, 1.82) is 0 Å². The molecule has 1 saturated heterocycles. The summed E-state index contributed by atoms with van der Waals surface area (Å²) in [5.41, 5.74) is 2.88. The van der Waals surface area contributed by atoms with Crippen LogP contribution in [-0.2, 0) is 0 Å². The van der Waals surface area contributed by atoms with Crippen LogP contribution in [-0.4, -0.2) is 40.6 Å². The van der Waals surface area contributed by atoms with Crippen LogP contribution in [0.15, 0.2) is 0 Å². The van der Waals surface area contributed by atoms with Crippen LogP contribution in [0.2, 0.25) is 0 Å². The van der Waals surface area contributed by atoms with Gasteiger partial charge in [0.1, 0.15) is 0 Å². The Bertz CT molecular complexity index is 552. The summed E-state index contributed by atoms with van der Waals surface area (Å²) in [6, 6.07) is -0.130. The quantitative estimate of drug-likeness (QED) is 0.863. The second-order valence-electron chi connectivity index (χ2n) is 6.53. The van der Waals surface area contributed by atoms with Crippen molar-refractivity contribution in [3.05, 3.63) is 22.5 Å². The molecule has 1 aromatic rings. The topological polar surface area (TPSA) is 53.2 Å². The Hall–Kier alpha value is -1.42. The number of aryl methyl sites for hydroxylation is 1. The molecule has 1 aliphatic rings. The van der Waals surface area contributed by atoms with Crippen LogP contribution in [0, 0.1) is 13.8 Å². The predicted molar refractivity (Wildman–Crippen MR) is 88.7 cm³/mol. The average molecular weight is 304 g/mol. The van der Waals surface area contributed by atoms with Crippen molar-refractivity contribution in [3.8, 4) is 0 Å². The molecule has 0 aromatic carbocycles. The lowest BCUT2D eigenvalue weighted by molar-refractivity contribution is 0.0820. The molecule has 0 amide bonds. The van der Waals surface area contributed by atoms with Gasteiger partial charge in [-0.2, -0.15) is 0 Å². The molecule has 1 N–H and O–H groups in total. The summed E-state index contributed by atoms with van der Waals surface area (Å²) in [6.07, 6.45) is 6.16. The van der Waals surface area contributed by atoms with Gasteiger partial charge < -0.3 is 4.98 Å². The summed E-state index contributed by atoms with van der Waals surface area (Å²) in [4.78, 5) is 30.0. The molecule has 0 aliphatic carbocycles. The van der Waals surface area contributed by atoms with E-state index in [0.29, 0.717) is 11.3 Å². The molecule has 0 spiro atoms. The third-order valence-electron chi connectivity index (χ3n) is 4.85.